The highest BCUT2D eigenvalue weighted by Gasteiger charge is 2.37. The highest BCUT2D eigenvalue weighted by atomic mass is 32.1. The number of nitrogens with zero attached hydrogens (tertiary/aromatic N) is 2. The summed E-state index contributed by atoms with van der Waals surface area (Å²) in [6.45, 7) is 0. The van der Waals surface area contributed by atoms with Gasteiger partial charge in [0.05, 0.1) is 5.69 Å². The second kappa shape index (κ2) is 5.41. The first kappa shape index (κ1) is 13.9. The Morgan fingerprint density at radius 2 is 2.25 bits per heavy atom. The smallest absolute Gasteiger partial charge is 0.248 e. The fourth-order valence-electron chi connectivity index (χ4n) is 3.07. The predicted molar refractivity (Wildman–Crippen MR) is 76.5 cm³/mol. The summed E-state index contributed by atoms with van der Waals surface area (Å²) >= 11 is 1.61. The fourth-order valence-corrected chi connectivity index (χ4v) is 3.79. The van der Waals surface area contributed by atoms with Gasteiger partial charge in [-0.2, -0.15) is 0 Å². The summed E-state index contributed by atoms with van der Waals surface area (Å²) in [6.07, 6.45) is 6.07. The van der Waals surface area contributed by atoms with E-state index in [1.807, 2.05) is 29.2 Å². The molecule has 0 radical (unpaired) electrons. The molecule has 3 rings (SSSR count). The second-order valence-electron chi connectivity index (χ2n) is 5.62. The molecule has 0 aromatic carbocycles. The Hall–Kier alpha value is -1.01. The molecule has 20 heavy (non-hydrogen) atoms. The number of alkyl halides is 2. The Kier molecular flexibility index (Phi) is 3.77. The van der Waals surface area contributed by atoms with Crippen molar-refractivity contribution >= 4 is 16.3 Å². The van der Waals surface area contributed by atoms with Crippen LogP contribution in [0.15, 0.2) is 17.8 Å². The van der Waals surface area contributed by atoms with Gasteiger partial charge in [-0.05, 0) is 25.8 Å². The number of hydrogen-bond donors (Lipinski definition) is 1. The number of fused-ring (bicyclic) bond motifs is 1. The van der Waals surface area contributed by atoms with E-state index in [2.05, 4.69) is 10.3 Å². The molecule has 1 fully saturated rings. The van der Waals surface area contributed by atoms with E-state index in [0.29, 0.717) is 18.8 Å². The number of halogens is 2. The Morgan fingerprint density at radius 1 is 1.50 bits per heavy atom. The van der Waals surface area contributed by atoms with Crippen LogP contribution in [0.2, 0.25) is 0 Å². The minimum absolute atomic E-state index is 0.0220. The molecule has 3 nitrogen and oxygen atoms in total. The van der Waals surface area contributed by atoms with Crippen molar-refractivity contribution in [2.24, 2.45) is 5.92 Å². The Morgan fingerprint density at radius 3 is 2.90 bits per heavy atom. The van der Waals surface area contributed by atoms with Crippen molar-refractivity contribution in [2.45, 2.75) is 44.1 Å². The zero-order valence-electron chi connectivity index (χ0n) is 11.5. The largest absolute Gasteiger partial charge is 0.316 e. The van der Waals surface area contributed by atoms with Gasteiger partial charge in [0.1, 0.15) is 0 Å². The molecule has 110 valence electrons. The van der Waals surface area contributed by atoms with Gasteiger partial charge in [0.15, 0.2) is 4.96 Å². The van der Waals surface area contributed by atoms with E-state index in [-0.39, 0.29) is 18.9 Å². The predicted octanol–water partition coefficient (Wildman–Crippen LogP) is 3.35. The standard InChI is InChI=1S/C14H19F2N3S/c1-17-12(10-2-4-14(15,16)5-3-10)8-11-9-19-6-7-20-13(19)18-11/h6-7,9-10,12,17H,2-5,8H2,1H3. The minimum Gasteiger partial charge on any atom is -0.316 e. The SMILES string of the molecule is CNC(Cc1cn2ccsc2n1)C1CCC(F)(F)CC1. The Balaban J connectivity index is 1.66. The summed E-state index contributed by atoms with van der Waals surface area (Å²) in [6, 6.07) is 0.232. The van der Waals surface area contributed by atoms with Gasteiger partial charge in [-0.15, -0.1) is 11.3 Å². The average molecular weight is 299 g/mol. The van der Waals surface area contributed by atoms with E-state index in [9.17, 15) is 8.78 Å². The van der Waals surface area contributed by atoms with Crippen LogP contribution in [-0.4, -0.2) is 28.4 Å². The van der Waals surface area contributed by atoms with Crippen molar-refractivity contribution in [1.82, 2.24) is 14.7 Å². The number of aromatic nitrogens is 2. The van der Waals surface area contributed by atoms with Gasteiger partial charge in [-0.1, -0.05) is 0 Å². The lowest BCUT2D eigenvalue weighted by Crippen LogP contribution is -2.39. The quantitative estimate of drug-likeness (QED) is 0.938. The van der Waals surface area contributed by atoms with Gasteiger partial charge in [0.2, 0.25) is 5.92 Å². The Labute approximate surface area is 121 Å². The van der Waals surface area contributed by atoms with Gasteiger partial charge >= 0.3 is 0 Å². The molecule has 6 heteroatoms. The molecule has 0 amide bonds. The average Bonchev–Trinajstić information content (AvgIpc) is 2.97. The maximum absolute atomic E-state index is 13.2. The van der Waals surface area contributed by atoms with Crippen LogP contribution in [-0.2, 0) is 6.42 Å². The molecule has 0 spiro atoms. The van der Waals surface area contributed by atoms with Crippen LogP contribution in [0.5, 0.6) is 0 Å². The highest BCUT2D eigenvalue weighted by Crippen LogP contribution is 2.37. The van der Waals surface area contributed by atoms with Crippen molar-refractivity contribution in [3.8, 4) is 0 Å². The molecule has 1 atom stereocenters. The molecule has 1 N–H and O–H groups in total. The van der Waals surface area contributed by atoms with E-state index < -0.39 is 5.92 Å². The lowest BCUT2D eigenvalue weighted by molar-refractivity contribution is -0.0493. The van der Waals surface area contributed by atoms with Crippen molar-refractivity contribution < 1.29 is 8.78 Å². The number of thiazole rings is 1. The third-order valence-corrected chi connectivity index (χ3v) is 5.04. The van der Waals surface area contributed by atoms with Crippen molar-refractivity contribution in [1.29, 1.82) is 0 Å². The molecule has 1 saturated carbocycles. The zero-order chi connectivity index (χ0) is 14.2. The highest BCUT2D eigenvalue weighted by molar-refractivity contribution is 7.15. The summed E-state index contributed by atoms with van der Waals surface area (Å²) in [5.41, 5.74) is 1.04. The maximum atomic E-state index is 13.2. The molecule has 0 aliphatic heterocycles. The molecule has 0 bridgehead atoms. The molecular formula is C14H19F2N3S. The lowest BCUT2D eigenvalue weighted by Gasteiger charge is -2.33. The summed E-state index contributed by atoms with van der Waals surface area (Å²) < 4.78 is 28.5. The van der Waals surface area contributed by atoms with Crippen LogP contribution in [0, 0.1) is 5.92 Å². The second-order valence-corrected chi connectivity index (χ2v) is 6.49. The molecule has 1 aliphatic rings. The zero-order valence-corrected chi connectivity index (χ0v) is 12.3. The van der Waals surface area contributed by atoms with E-state index in [1.54, 1.807) is 11.3 Å². The molecule has 2 aromatic rings. The summed E-state index contributed by atoms with van der Waals surface area (Å²) in [5.74, 6) is -2.13. The number of rotatable bonds is 4. The summed E-state index contributed by atoms with van der Waals surface area (Å²) in [7, 11) is 1.91. The fraction of sp³-hybridized carbons (Fsp3) is 0.643. The monoisotopic (exact) mass is 299 g/mol. The van der Waals surface area contributed by atoms with Crippen molar-refractivity contribution in [3.05, 3.63) is 23.5 Å². The van der Waals surface area contributed by atoms with Crippen molar-refractivity contribution in [2.75, 3.05) is 7.05 Å². The van der Waals surface area contributed by atoms with Crippen LogP contribution >= 0.6 is 11.3 Å². The number of hydrogen-bond acceptors (Lipinski definition) is 3. The summed E-state index contributed by atoms with van der Waals surface area (Å²) in [4.78, 5) is 5.57. The van der Waals surface area contributed by atoms with Gasteiger partial charge in [-0.25, -0.2) is 13.8 Å². The molecule has 2 heterocycles. The van der Waals surface area contributed by atoms with Gasteiger partial charge in [0, 0.05) is 43.1 Å². The van der Waals surface area contributed by atoms with Crippen molar-refractivity contribution in [3.63, 3.8) is 0 Å². The third kappa shape index (κ3) is 2.86. The molecule has 2 aromatic heterocycles. The van der Waals surface area contributed by atoms with E-state index in [1.165, 1.54) is 0 Å². The van der Waals surface area contributed by atoms with Crippen LogP contribution in [0.3, 0.4) is 0 Å². The molecular weight excluding hydrogens is 280 g/mol. The minimum atomic E-state index is -2.45. The number of nitrogens with one attached hydrogen (secondary N) is 1. The van der Waals surface area contributed by atoms with Crippen LogP contribution in [0.1, 0.15) is 31.4 Å². The van der Waals surface area contributed by atoms with E-state index in [4.69, 9.17) is 0 Å². The number of imidazole rings is 1. The van der Waals surface area contributed by atoms with Gasteiger partial charge in [-0.3, -0.25) is 4.40 Å². The molecule has 0 saturated heterocycles. The Bertz CT molecular complexity index is 539. The van der Waals surface area contributed by atoms with Crippen LogP contribution in [0.25, 0.3) is 4.96 Å². The normalized spacial score (nSPS) is 21.4. The third-order valence-electron chi connectivity index (χ3n) is 4.27. The van der Waals surface area contributed by atoms with Gasteiger partial charge < -0.3 is 5.32 Å². The van der Waals surface area contributed by atoms with Crippen LogP contribution < -0.4 is 5.32 Å². The van der Waals surface area contributed by atoms with Gasteiger partial charge in [0.25, 0.3) is 0 Å². The summed E-state index contributed by atoms with van der Waals surface area (Å²) in [5, 5.41) is 5.30. The molecule has 1 unspecified atom stereocenters. The molecule has 1 aliphatic carbocycles. The van der Waals surface area contributed by atoms with Crippen LogP contribution in [0.4, 0.5) is 8.78 Å². The first-order valence-electron chi connectivity index (χ1n) is 7.03. The first-order chi connectivity index (χ1) is 9.57. The van der Waals surface area contributed by atoms with E-state index >= 15 is 0 Å². The topological polar surface area (TPSA) is 29.3 Å². The maximum Gasteiger partial charge on any atom is 0.248 e. The lowest BCUT2D eigenvalue weighted by atomic mass is 9.80. The first-order valence-corrected chi connectivity index (χ1v) is 7.91. The number of likely N-dealkylation sites (N-methyl/N-ethyl adjacent to an activating group) is 1. The van der Waals surface area contributed by atoms with E-state index in [0.717, 1.165) is 17.1 Å².